The van der Waals surface area contributed by atoms with Gasteiger partial charge in [0.1, 0.15) is 0 Å². The number of nitrogens with two attached hydrogens (primary N) is 1. The normalized spacial score (nSPS) is 20.1. The fourth-order valence-corrected chi connectivity index (χ4v) is 3.73. The van der Waals surface area contributed by atoms with Crippen molar-refractivity contribution in [1.29, 1.82) is 0 Å². The molecule has 0 amide bonds. The first-order valence-electron chi connectivity index (χ1n) is 8.11. The van der Waals surface area contributed by atoms with E-state index in [1.807, 2.05) is 0 Å². The van der Waals surface area contributed by atoms with E-state index in [1.165, 1.54) is 49.8 Å². The molecule has 2 atom stereocenters. The number of aryl methyl sites for hydroxylation is 1. The quantitative estimate of drug-likeness (QED) is 0.882. The van der Waals surface area contributed by atoms with Gasteiger partial charge in [-0.25, -0.2) is 0 Å². The zero-order chi connectivity index (χ0) is 14.5. The summed E-state index contributed by atoms with van der Waals surface area (Å²) in [7, 11) is 2.25. The molecule has 2 N–H and O–H groups in total. The predicted octanol–water partition coefficient (Wildman–Crippen LogP) is 3.90. The number of hydrogen-bond donors (Lipinski definition) is 1. The third kappa shape index (κ3) is 3.83. The van der Waals surface area contributed by atoms with Crippen molar-refractivity contribution in [3.63, 3.8) is 0 Å². The number of rotatable bonds is 5. The van der Waals surface area contributed by atoms with E-state index in [2.05, 4.69) is 50.1 Å². The van der Waals surface area contributed by atoms with E-state index < -0.39 is 0 Å². The van der Waals surface area contributed by atoms with Gasteiger partial charge in [0, 0.05) is 18.6 Å². The third-order valence-corrected chi connectivity index (χ3v) is 4.75. The summed E-state index contributed by atoms with van der Waals surface area (Å²) >= 11 is 0. The molecular formula is C18H30N2. The van der Waals surface area contributed by atoms with Crippen molar-refractivity contribution in [1.82, 2.24) is 4.90 Å². The van der Waals surface area contributed by atoms with Crippen molar-refractivity contribution < 1.29 is 0 Å². The fourth-order valence-electron chi connectivity index (χ4n) is 3.73. The first-order valence-corrected chi connectivity index (χ1v) is 8.11. The van der Waals surface area contributed by atoms with Crippen molar-refractivity contribution in [2.75, 3.05) is 13.6 Å². The molecule has 0 radical (unpaired) electrons. The zero-order valence-electron chi connectivity index (χ0n) is 13.3. The Kier molecular flexibility index (Phi) is 5.62. The lowest BCUT2D eigenvalue weighted by Crippen LogP contribution is -2.40. The summed E-state index contributed by atoms with van der Waals surface area (Å²) < 4.78 is 0. The van der Waals surface area contributed by atoms with Crippen LogP contribution in [-0.2, 0) is 0 Å². The highest BCUT2D eigenvalue weighted by molar-refractivity contribution is 5.29. The van der Waals surface area contributed by atoms with Gasteiger partial charge in [-0.2, -0.15) is 0 Å². The maximum Gasteiger partial charge on any atom is 0.0496 e. The van der Waals surface area contributed by atoms with Crippen molar-refractivity contribution >= 4 is 0 Å². The van der Waals surface area contributed by atoms with Gasteiger partial charge in [0.25, 0.3) is 0 Å². The van der Waals surface area contributed by atoms with Crippen molar-refractivity contribution in [2.45, 2.75) is 58.0 Å². The van der Waals surface area contributed by atoms with Gasteiger partial charge in [0.2, 0.25) is 0 Å². The van der Waals surface area contributed by atoms with Gasteiger partial charge >= 0.3 is 0 Å². The van der Waals surface area contributed by atoms with Crippen LogP contribution in [0, 0.1) is 12.8 Å². The Bertz CT molecular complexity index is 408. The van der Waals surface area contributed by atoms with E-state index in [-0.39, 0.29) is 6.04 Å². The van der Waals surface area contributed by atoms with Crippen LogP contribution in [0.25, 0.3) is 0 Å². The van der Waals surface area contributed by atoms with Crippen molar-refractivity contribution in [2.24, 2.45) is 11.7 Å². The Morgan fingerprint density at radius 3 is 2.45 bits per heavy atom. The number of benzene rings is 1. The molecule has 2 rings (SSSR count). The fraction of sp³-hybridized carbons (Fsp3) is 0.667. The third-order valence-electron chi connectivity index (χ3n) is 4.75. The Morgan fingerprint density at radius 1 is 1.20 bits per heavy atom. The minimum absolute atomic E-state index is 0.157. The Morgan fingerprint density at radius 2 is 1.85 bits per heavy atom. The van der Waals surface area contributed by atoms with E-state index in [1.54, 1.807) is 0 Å². The first-order chi connectivity index (χ1) is 9.59. The van der Waals surface area contributed by atoms with Gasteiger partial charge in [0.05, 0.1) is 0 Å². The lowest BCUT2D eigenvalue weighted by Gasteiger charge is -2.36. The topological polar surface area (TPSA) is 29.3 Å². The highest BCUT2D eigenvalue weighted by Crippen LogP contribution is 2.29. The van der Waals surface area contributed by atoms with E-state index in [0.29, 0.717) is 6.04 Å². The molecule has 0 spiro atoms. The monoisotopic (exact) mass is 274 g/mol. The zero-order valence-corrected chi connectivity index (χ0v) is 13.3. The summed E-state index contributed by atoms with van der Waals surface area (Å²) in [6, 6.07) is 9.16. The molecule has 112 valence electrons. The van der Waals surface area contributed by atoms with E-state index in [0.717, 1.165) is 5.92 Å². The average Bonchev–Trinajstić information content (AvgIpc) is 2.42. The lowest BCUT2D eigenvalue weighted by atomic mass is 9.87. The van der Waals surface area contributed by atoms with E-state index >= 15 is 0 Å². The molecule has 1 aromatic carbocycles. The smallest absolute Gasteiger partial charge is 0.0496 e. The highest BCUT2D eigenvalue weighted by Gasteiger charge is 2.25. The standard InChI is InChI=1S/C18H30N2/c1-14-9-7-8-12-17(14)18(15(2)19)20(3)13-16-10-5-4-6-11-16/h7-9,12,15-16,18H,4-6,10-11,13,19H2,1-3H3. The summed E-state index contributed by atoms with van der Waals surface area (Å²) in [6.45, 7) is 5.51. The van der Waals surface area contributed by atoms with Gasteiger partial charge in [-0.15, -0.1) is 0 Å². The van der Waals surface area contributed by atoms with Crippen LogP contribution in [0.15, 0.2) is 24.3 Å². The van der Waals surface area contributed by atoms with Crippen LogP contribution in [0.4, 0.5) is 0 Å². The lowest BCUT2D eigenvalue weighted by molar-refractivity contribution is 0.166. The molecule has 2 heteroatoms. The Balaban J connectivity index is 2.09. The molecule has 1 aromatic rings. The molecule has 0 saturated heterocycles. The van der Waals surface area contributed by atoms with Crippen LogP contribution < -0.4 is 5.73 Å². The second kappa shape index (κ2) is 7.24. The molecule has 1 fully saturated rings. The molecule has 20 heavy (non-hydrogen) atoms. The predicted molar refractivity (Wildman–Crippen MR) is 86.8 cm³/mol. The van der Waals surface area contributed by atoms with E-state index in [9.17, 15) is 0 Å². The van der Waals surface area contributed by atoms with Gasteiger partial charge in [0.15, 0.2) is 0 Å². The molecule has 2 unspecified atom stereocenters. The summed E-state index contributed by atoms with van der Waals surface area (Å²) in [4.78, 5) is 2.49. The molecule has 1 saturated carbocycles. The second-order valence-corrected chi connectivity index (χ2v) is 6.60. The SMILES string of the molecule is Cc1ccccc1C(C(C)N)N(C)CC1CCCCC1. The second-order valence-electron chi connectivity index (χ2n) is 6.60. The molecule has 0 aromatic heterocycles. The minimum atomic E-state index is 0.157. The minimum Gasteiger partial charge on any atom is -0.326 e. The Hall–Kier alpha value is -0.860. The number of hydrogen-bond acceptors (Lipinski definition) is 2. The average molecular weight is 274 g/mol. The molecular weight excluding hydrogens is 244 g/mol. The van der Waals surface area contributed by atoms with Crippen LogP contribution in [0.3, 0.4) is 0 Å². The van der Waals surface area contributed by atoms with Gasteiger partial charge in [-0.3, -0.25) is 4.90 Å². The molecule has 0 bridgehead atoms. The van der Waals surface area contributed by atoms with Crippen LogP contribution >= 0.6 is 0 Å². The number of likely N-dealkylation sites (N-methyl/N-ethyl adjacent to an activating group) is 1. The molecule has 0 aliphatic heterocycles. The van der Waals surface area contributed by atoms with Gasteiger partial charge in [-0.1, -0.05) is 43.5 Å². The van der Waals surface area contributed by atoms with Crippen molar-refractivity contribution in [3.05, 3.63) is 35.4 Å². The van der Waals surface area contributed by atoms with Crippen LogP contribution in [0.2, 0.25) is 0 Å². The molecule has 0 heterocycles. The summed E-state index contributed by atoms with van der Waals surface area (Å²) in [5.41, 5.74) is 9.04. The van der Waals surface area contributed by atoms with E-state index in [4.69, 9.17) is 5.73 Å². The van der Waals surface area contributed by atoms with Crippen LogP contribution in [-0.4, -0.2) is 24.5 Å². The van der Waals surface area contributed by atoms with Gasteiger partial charge < -0.3 is 5.73 Å². The maximum absolute atomic E-state index is 6.30. The maximum atomic E-state index is 6.30. The van der Waals surface area contributed by atoms with Crippen LogP contribution in [0.5, 0.6) is 0 Å². The van der Waals surface area contributed by atoms with Crippen LogP contribution in [0.1, 0.15) is 56.2 Å². The molecule has 2 nitrogen and oxygen atoms in total. The van der Waals surface area contributed by atoms with Gasteiger partial charge in [-0.05, 0) is 50.8 Å². The summed E-state index contributed by atoms with van der Waals surface area (Å²) in [6.07, 6.45) is 7.03. The number of nitrogens with zero attached hydrogens (tertiary/aromatic N) is 1. The molecule has 1 aliphatic rings. The summed E-state index contributed by atoms with van der Waals surface area (Å²) in [5, 5.41) is 0. The van der Waals surface area contributed by atoms with Crippen molar-refractivity contribution in [3.8, 4) is 0 Å². The first kappa shape index (κ1) is 15.5. The Labute approximate surface area is 124 Å². The summed E-state index contributed by atoms with van der Waals surface area (Å²) in [5.74, 6) is 0.860. The highest BCUT2D eigenvalue weighted by atomic mass is 15.1. The molecule has 1 aliphatic carbocycles. The largest absolute Gasteiger partial charge is 0.326 e.